The number of unbranched alkanes of at least 4 members (excludes halogenated alkanes) is 6. The quantitative estimate of drug-likeness (QED) is 0.227. The third kappa shape index (κ3) is 10.2. The second-order valence-corrected chi connectivity index (χ2v) is 8.13. The maximum atomic E-state index is 12.9. The molecule has 5 nitrogen and oxygen atoms in total. The standard InChI is InChI=1S/C17H35O5P/c1-5-8-10-12-14-21-23(19,16(4)17(18)20-7-3)22-15-13-11-9-6-2/h16H,5-15H2,1-4H3. The van der Waals surface area contributed by atoms with Crippen molar-refractivity contribution in [3.8, 4) is 0 Å². The molecule has 1 unspecified atom stereocenters. The van der Waals surface area contributed by atoms with Gasteiger partial charge in [-0.05, 0) is 26.7 Å². The van der Waals surface area contributed by atoms with Gasteiger partial charge >= 0.3 is 13.6 Å². The number of carbonyl (C=O) groups is 1. The molecule has 0 saturated carbocycles. The average Bonchev–Trinajstić information content (AvgIpc) is 2.54. The second kappa shape index (κ2) is 14.0. The fraction of sp³-hybridized carbons (Fsp3) is 0.941. The van der Waals surface area contributed by atoms with Crippen molar-refractivity contribution < 1.29 is 23.1 Å². The van der Waals surface area contributed by atoms with Crippen LogP contribution in [0.4, 0.5) is 0 Å². The van der Waals surface area contributed by atoms with Gasteiger partial charge in [0.15, 0.2) is 5.66 Å². The molecule has 0 aliphatic heterocycles. The van der Waals surface area contributed by atoms with Crippen LogP contribution in [0, 0.1) is 0 Å². The Morgan fingerprint density at radius 1 is 0.870 bits per heavy atom. The Labute approximate surface area is 142 Å². The molecule has 0 aliphatic rings. The minimum absolute atomic E-state index is 0.260. The van der Waals surface area contributed by atoms with Crippen molar-refractivity contribution in [2.24, 2.45) is 0 Å². The summed E-state index contributed by atoms with van der Waals surface area (Å²) in [4.78, 5) is 11.9. The molecule has 0 bridgehead atoms. The van der Waals surface area contributed by atoms with E-state index < -0.39 is 19.2 Å². The van der Waals surface area contributed by atoms with Gasteiger partial charge in [-0.25, -0.2) is 0 Å². The zero-order valence-corrected chi connectivity index (χ0v) is 16.2. The van der Waals surface area contributed by atoms with Crippen molar-refractivity contribution in [2.75, 3.05) is 19.8 Å². The van der Waals surface area contributed by atoms with Crippen LogP contribution < -0.4 is 0 Å². The first kappa shape index (κ1) is 22.6. The number of hydrogen-bond acceptors (Lipinski definition) is 5. The van der Waals surface area contributed by atoms with E-state index in [2.05, 4.69) is 13.8 Å². The van der Waals surface area contributed by atoms with Crippen molar-refractivity contribution in [3.05, 3.63) is 0 Å². The maximum absolute atomic E-state index is 12.9. The molecule has 0 aromatic rings. The van der Waals surface area contributed by atoms with Crippen LogP contribution in [0.15, 0.2) is 0 Å². The van der Waals surface area contributed by atoms with Crippen LogP contribution in [0.2, 0.25) is 0 Å². The van der Waals surface area contributed by atoms with Gasteiger partial charge in [0.2, 0.25) is 0 Å². The summed E-state index contributed by atoms with van der Waals surface area (Å²) in [7, 11) is -3.47. The summed E-state index contributed by atoms with van der Waals surface area (Å²) >= 11 is 0. The molecule has 0 heterocycles. The first-order valence-electron chi connectivity index (χ1n) is 9.07. The Bertz CT molecular complexity index is 328. The minimum atomic E-state index is -3.47. The summed E-state index contributed by atoms with van der Waals surface area (Å²) in [6.07, 6.45) is 8.22. The highest BCUT2D eigenvalue weighted by Gasteiger charge is 2.38. The lowest BCUT2D eigenvalue weighted by atomic mass is 10.2. The minimum Gasteiger partial charge on any atom is -0.465 e. The Morgan fingerprint density at radius 3 is 1.74 bits per heavy atom. The smallest absolute Gasteiger partial charge is 0.344 e. The average molecular weight is 350 g/mol. The molecule has 0 amide bonds. The number of hydrogen-bond donors (Lipinski definition) is 0. The molecule has 0 rings (SSSR count). The lowest BCUT2D eigenvalue weighted by Gasteiger charge is -2.23. The summed E-state index contributed by atoms with van der Waals surface area (Å²) in [5.74, 6) is -0.516. The Balaban J connectivity index is 4.50. The van der Waals surface area contributed by atoms with Crippen molar-refractivity contribution in [2.45, 2.75) is 84.7 Å². The maximum Gasteiger partial charge on any atom is 0.344 e. The topological polar surface area (TPSA) is 61.8 Å². The van der Waals surface area contributed by atoms with Crippen molar-refractivity contribution in [3.63, 3.8) is 0 Å². The van der Waals surface area contributed by atoms with Gasteiger partial charge in [-0.1, -0.05) is 52.4 Å². The van der Waals surface area contributed by atoms with E-state index in [1.165, 1.54) is 0 Å². The van der Waals surface area contributed by atoms with Gasteiger partial charge in [0.25, 0.3) is 0 Å². The van der Waals surface area contributed by atoms with Crippen LogP contribution in [0.1, 0.15) is 79.1 Å². The van der Waals surface area contributed by atoms with E-state index in [9.17, 15) is 9.36 Å². The highest BCUT2D eigenvalue weighted by Crippen LogP contribution is 2.53. The predicted molar refractivity (Wildman–Crippen MR) is 93.9 cm³/mol. The molecule has 0 aromatic heterocycles. The SMILES string of the molecule is CCCCCCOP(=O)(OCCCCCC)C(C)C(=O)OCC. The predicted octanol–water partition coefficient (Wildman–Crippen LogP) is 5.32. The van der Waals surface area contributed by atoms with E-state index in [0.717, 1.165) is 51.4 Å². The fourth-order valence-corrected chi connectivity index (χ4v) is 3.72. The van der Waals surface area contributed by atoms with Gasteiger partial charge in [-0.2, -0.15) is 0 Å². The molecule has 0 saturated heterocycles. The van der Waals surface area contributed by atoms with Crippen LogP contribution in [-0.4, -0.2) is 31.4 Å². The van der Waals surface area contributed by atoms with Gasteiger partial charge in [0.05, 0.1) is 19.8 Å². The number of esters is 1. The van der Waals surface area contributed by atoms with Crippen LogP contribution in [0.5, 0.6) is 0 Å². The van der Waals surface area contributed by atoms with Crippen molar-refractivity contribution in [1.82, 2.24) is 0 Å². The lowest BCUT2D eigenvalue weighted by Crippen LogP contribution is -2.23. The summed E-state index contributed by atoms with van der Waals surface area (Å²) in [6.45, 7) is 8.54. The van der Waals surface area contributed by atoms with Crippen LogP contribution in [-0.2, 0) is 23.1 Å². The van der Waals surface area contributed by atoms with Crippen molar-refractivity contribution in [1.29, 1.82) is 0 Å². The Kier molecular flexibility index (Phi) is 13.8. The van der Waals surface area contributed by atoms with Gasteiger partial charge in [0.1, 0.15) is 0 Å². The molecule has 23 heavy (non-hydrogen) atoms. The Morgan fingerprint density at radius 2 is 1.35 bits per heavy atom. The second-order valence-electron chi connectivity index (χ2n) is 5.76. The molecule has 0 aliphatic carbocycles. The molecular weight excluding hydrogens is 315 g/mol. The van der Waals surface area contributed by atoms with Crippen molar-refractivity contribution >= 4 is 13.6 Å². The zero-order valence-electron chi connectivity index (χ0n) is 15.3. The number of ether oxygens (including phenoxy) is 1. The molecule has 1 atom stereocenters. The first-order valence-corrected chi connectivity index (χ1v) is 10.7. The number of rotatable bonds is 15. The van der Waals surface area contributed by atoms with E-state index in [4.69, 9.17) is 13.8 Å². The summed E-state index contributed by atoms with van der Waals surface area (Å²) in [5.41, 5.74) is -0.875. The van der Waals surface area contributed by atoms with Gasteiger partial charge in [-0.15, -0.1) is 0 Å². The molecular formula is C17H35O5P. The monoisotopic (exact) mass is 350 g/mol. The van der Waals surface area contributed by atoms with Crippen LogP contribution >= 0.6 is 7.60 Å². The third-order valence-corrected chi connectivity index (χ3v) is 5.88. The van der Waals surface area contributed by atoms with E-state index in [1.807, 2.05) is 0 Å². The zero-order chi connectivity index (χ0) is 17.6. The lowest BCUT2D eigenvalue weighted by molar-refractivity contribution is -0.142. The molecule has 0 aromatic carbocycles. The molecule has 6 heteroatoms. The molecule has 0 fully saturated rings. The van der Waals surface area contributed by atoms with E-state index in [1.54, 1.807) is 13.8 Å². The molecule has 138 valence electrons. The summed E-state index contributed by atoms with van der Waals surface area (Å²) in [6, 6.07) is 0. The molecule has 0 N–H and O–H groups in total. The van der Waals surface area contributed by atoms with Crippen LogP contribution in [0.25, 0.3) is 0 Å². The summed E-state index contributed by atoms with van der Waals surface area (Å²) in [5, 5.41) is 0. The molecule has 0 spiro atoms. The van der Waals surface area contributed by atoms with E-state index in [-0.39, 0.29) is 6.61 Å². The highest BCUT2D eigenvalue weighted by molar-refractivity contribution is 7.55. The fourth-order valence-electron chi connectivity index (χ4n) is 2.09. The summed E-state index contributed by atoms with van der Waals surface area (Å²) < 4.78 is 29.0. The van der Waals surface area contributed by atoms with Gasteiger partial charge < -0.3 is 13.8 Å². The molecule has 0 radical (unpaired) electrons. The van der Waals surface area contributed by atoms with Crippen LogP contribution in [0.3, 0.4) is 0 Å². The third-order valence-electron chi connectivity index (χ3n) is 3.64. The highest BCUT2D eigenvalue weighted by atomic mass is 31.2. The first-order chi connectivity index (χ1) is 11.0. The van der Waals surface area contributed by atoms with Gasteiger partial charge in [-0.3, -0.25) is 9.36 Å². The normalized spacial score (nSPS) is 13.0. The Hall–Kier alpha value is -0.380. The largest absolute Gasteiger partial charge is 0.465 e. The van der Waals surface area contributed by atoms with Gasteiger partial charge in [0, 0.05) is 0 Å². The van der Waals surface area contributed by atoms with E-state index in [0.29, 0.717) is 13.2 Å². The van der Waals surface area contributed by atoms with E-state index >= 15 is 0 Å². The number of carbonyl (C=O) groups excluding carboxylic acids is 1.